The molecule has 0 aliphatic carbocycles. The summed E-state index contributed by atoms with van der Waals surface area (Å²) < 4.78 is 5.45. The minimum absolute atomic E-state index is 0.0332. The average molecular weight is 332 g/mol. The largest absolute Gasteiger partial charge is 0.493 e. The molecule has 1 aromatic carbocycles. The van der Waals surface area contributed by atoms with Crippen LogP contribution in [0.3, 0.4) is 0 Å². The van der Waals surface area contributed by atoms with Crippen LogP contribution in [0.1, 0.15) is 11.3 Å². The monoisotopic (exact) mass is 332 g/mol. The van der Waals surface area contributed by atoms with Crippen LogP contribution in [0, 0.1) is 0 Å². The summed E-state index contributed by atoms with van der Waals surface area (Å²) in [4.78, 5) is 24.3. The van der Waals surface area contributed by atoms with Crippen molar-refractivity contribution in [3.8, 4) is 5.75 Å². The number of rotatable bonds is 9. The molecule has 5 nitrogen and oxygen atoms in total. The number of ether oxygens (including phenoxy) is 1. The molecule has 2 N–H and O–H groups in total. The maximum atomic E-state index is 11.6. The minimum atomic E-state index is -0.0894. The number of carbonyl (C=O) groups is 2. The Labute approximate surface area is 139 Å². The Morgan fingerprint density at radius 1 is 0.957 bits per heavy atom. The average Bonchev–Trinajstić information content (AvgIpc) is 3.05. The van der Waals surface area contributed by atoms with Crippen LogP contribution in [0.15, 0.2) is 47.8 Å². The van der Waals surface area contributed by atoms with Gasteiger partial charge in [0.15, 0.2) is 0 Å². The highest BCUT2D eigenvalue weighted by Gasteiger charge is 2.04. The van der Waals surface area contributed by atoms with Crippen LogP contribution in [0.25, 0.3) is 0 Å². The molecule has 0 saturated heterocycles. The van der Waals surface area contributed by atoms with Crippen molar-refractivity contribution in [2.24, 2.45) is 0 Å². The van der Waals surface area contributed by atoms with Crippen molar-refractivity contribution in [3.63, 3.8) is 0 Å². The van der Waals surface area contributed by atoms with Crippen molar-refractivity contribution < 1.29 is 14.3 Å². The molecule has 122 valence electrons. The third-order valence-corrected chi connectivity index (χ3v) is 3.90. The number of hydrogen-bond acceptors (Lipinski definition) is 4. The van der Waals surface area contributed by atoms with Gasteiger partial charge in [0.1, 0.15) is 5.75 Å². The summed E-state index contributed by atoms with van der Waals surface area (Å²) in [7, 11) is 0. The van der Waals surface area contributed by atoms with Crippen LogP contribution >= 0.6 is 11.3 Å². The van der Waals surface area contributed by atoms with E-state index >= 15 is 0 Å². The van der Waals surface area contributed by atoms with Crippen LogP contribution < -0.4 is 15.4 Å². The molecule has 0 saturated carbocycles. The van der Waals surface area contributed by atoms with Crippen LogP contribution in [0.2, 0.25) is 0 Å². The van der Waals surface area contributed by atoms with Crippen LogP contribution in [-0.2, 0) is 16.0 Å². The molecule has 2 amide bonds. The van der Waals surface area contributed by atoms with Gasteiger partial charge in [0.25, 0.3) is 0 Å². The summed E-state index contributed by atoms with van der Waals surface area (Å²) in [5.41, 5.74) is 0. The molecular weight excluding hydrogens is 312 g/mol. The van der Waals surface area contributed by atoms with Gasteiger partial charge in [0, 0.05) is 18.0 Å². The van der Waals surface area contributed by atoms with Crippen LogP contribution in [0.5, 0.6) is 5.75 Å². The van der Waals surface area contributed by atoms with Crippen molar-refractivity contribution in [1.29, 1.82) is 0 Å². The maximum Gasteiger partial charge on any atom is 0.225 e. The first-order valence-electron chi connectivity index (χ1n) is 7.47. The Morgan fingerprint density at radius 3 is 2.39 bits per heavy atom. The van der Waals surface area contributed by atoms with Gasteiger partial charge in [-0.2, -0.15) is 0 Å². The van der Waals surface area contributed by atoms with Gasteiger partial charge in [-0.3, -0.25) is 9.59 Å². The van der Waals surface area contributed by atoms with Crippen molar-refractivity contribution in [3.05, 3.63) is 52.7 Å². The minimum Gasteiger partial charge on any atom is -0.493 e. The standard InChI is InChI=1S/C17H20N2O3S/c20-16(8-11-22-14-5-2-1-3-6-14)18-9-10-19-17(21)13-15-7-4-12-23-15/h1-7,12H,8-11,13H2,(H,18,20)(H,19,21). The Morgan fingerprint density at radius 2 is 1.70 bits per heavy atom. The fourth-order valence-electron chi connectivity index (χ4n) is 1.90. The van der Waals surface area contributed by atoms with Gasteiger partial charge in [0.2, 0.25) is 11.8 Å². The number of nitrogens with one attached hydrogen (secondary N) is 2. The number of carbonyl (C=O) groups excluding carboxylic acids is 2. The summed E-state index contributed by atoms with van der Waals surface area (Å²) in [5, 5.41) is 7.48. The highest BCUT2D eigenvalue weighted by Crippen LogP contribution is 2.09. The molecule has 0 atom stereocenters. The van der Waals surface area contributed by atoms with Gasteiger partial charge in [0.05, 0.1) is 19.4 Å². The number of para-hydroxylation sites is 1. The number of thiophene rings is 1. The van der Waals surface area contributed by atoms with E-state index in [0.717, 1.165) is 10.6 Å². The number of benzene rings is 1. The molecule has 1 aromatic heterocycles. The predicted octanol–water partition coefficient (Wildman–Crippen LogP) is 1.99. The van der Waals surface area contributed by atoms with Crippen molar-refractivity contribution in [2.45, 2.75) is 12.8 Å². The summed E-state index contributed by atoms with van der Waals surface area (Å²) >= 11 is 1.56. The summed E-state index contributed by atoms with van der Waals surface area (Å²) in [6.45, 7) is 1.18. The summed E-state index contributed by atoms with van der Waals surface area (Å²) in [6, 6.07) is 13.2. The van der Waals surface area contributed by atoms with E-state index in [9.17, 15) is 9.59 Å². The lowest BCUT2D eigenvalue weighted by Crippen LogP contribution is -2.35. The predicted molar refractivity (Wildman–Crippen MR) is 90.6 cm³/mol. The van der Waals surface area contributed by atoms with Crippen LogP contribution in [0.4, 0.5) is 0 Å². The van der Waals surface area contributed by atoms with Gasteiger partial charge in [-0.05, 0) is 23.6 Å². The van der Waals surface area contributed by atoms with Crippen molar-refractivity contribution >= 4 is 23.2 Å². The molecule has 2 aromatic rings. The third kappa shape index (κ3) is 6.97. The highest BCUT2D eigenvalue weighted by atomic mass is 32.1. The number of amides is 2. The van der Waals surface area contributed by atoms with Crippen molar-refractivity contribution in [2.75, 3.05) is 19.7 Å². The first kappa shape index (κ1) is 17.0. The molecule has 0 radical (unpaired) electrons. The maximum absolute atomic E-state index is 11.6. The lowest BCUT2D eigenvalue weighted by atomic mass is 10.3. The second kappa shape index (κ2) is 9.63. The van der Waals surface area contributed by atoms with Gasteiger partial charge < -0.3 is 15.4 Å². The molecule has 23 heavy (non-hydrogen) atoms. The Bertz CT molecular complexity index is 600. The molecule has 2 rings (SSSR count). The smallest absolute Gasteiger partial charge is 0.225 e. The molecule has 1 heterocycles. The molecule has 6 heteroatoms. The second-order valence-corrected chi connectivity index (χ2v) is 5.90. The van der Waals surface area contributed by atoms with Gasteiger partial charge in [-0.15, -0.1) is 11.3 Å². The van der Waals surface area contributed by atoms with Gasteiger partial charge >= 0.3 is 0 Å². The topological polar surface area (TPSA) is 67.4 Å². The number of hydrogen-bond donors (Lipinski definition) is 2. The summed E-state index contributed by atoms with van der Waals surface area (Å²) in [6.07, 6.45) is 0.675. The fourth-order valence-corrected chi connectivity index (χ4v) is 2.61. The van der Waals surface area contributed by atoms with E-state index in [1.54, 1.807) is 11.3 Å². The Hall–Kier alpha value is -2.34. The molecule has 0 aliphatic rings. The molecule has 0 aliphatic heterocycles. The Balaban J connectivity index is 1.50. The lowest BCUT2D eigenvalue weighted by Gasteiger charge is -2.08. The van der Waals surface area contributed by atoms with E-state index in [1.807, 2.05) is 47.8 Å². The zero-order valence-corrected chi connectivity index (χ0v) is 13.6. The van der Waals surface area contributed by atoms with E-state index in [0.29, 0.717) is 26.1 Å². The second-order valence-electron chi connectivity index (χ2n) is 4.87. The van der Waals surface area contributed by atoms with E-state index in [1.165, 1.54) is 0 Å². The van der Waals surface area contributed by atoms with Crippen molar-refractivity contribution in [1.82, 2.24) is 10.6 Å². The zero-order valence-electron chi connectivity index (χ0n) is 12.8. The molecular formula is C17H20N2O3S. The third-order valence-electron chi connectivity index (χ3n) is 3.03. The molecule has 0 spiro atoms. The molecule has 0 unspecified atom stereocenters. The first-order valence-corrected chi connectivity index (χ1v) is 8.35. The van der Waals surface area contributed by atoms with E-state index < -0.39 is 0 Å². The lowest BCUT2D eigenvalue weighted by molar-refractivity contribution is -0.122. The zero-order chi connectivity index (χ0) is 16.3. The normalized spacial score (nSPS) is 10.1. The highest BCUT2D eigenvalue weighted by molar-refractivity contribution is 7.10. The molecule has 0 fully saturated rings. The SMILES string of the molecule is O=C(CCOc1ccccc1)NCCNC(=O)Cc1cccs1. The fraction of sp³-hybridized carbons (Fsp3) is 0.294. The first-order chi connectivity index (χ1) is 11.2. The summed E-state index contributed by atoms with van der Waals surface area (Å²) in [5.74, 6) is 0.628. The quantitative estimate of drug-likeness (QED) is 0.690. The van der Waals surface area contributed by atoms with Gasteiger partial charge in [-0.25, -0.2) is 0 Å². The van der Waals surface area contributed by atoms with E-state index in [-0.39, 0.29) is 18.2 Å². The van der Waals surface area contributed by atoms with Gasteiger partial charge in [-0.1, -0.05) is 24.3 Å². The van der Waals surface area contributed by atoms with E-state index in [4.69, 9.17) is 4.74 Å². The van der Waals surface area contributed by atoms with Crippen LogP contribution in [-0.4, -0.2) is 31.5 Å². The van der Waals surface area contributed by atoms with E-state index in [2.05, 4.69) is 10.6 Å². The Kier molecular flexibility index (Phi) is 7.13. The molecule has 0 bridgehead atoms.